The quantitative estimate of drug-likeness (QED) is 0.766. The smallest absolute Gasteiger partial charge is 0.322 e. The van der Waals surface area contributed by atoms with Crippen molar-refractivity contribution in [2.45, 2.75) is 51.9 Å². The number of halogens is 3. The van der Waals surface area contributed by atoms with E-state index in [0.717, 1.165) is 6.07 Å². The van der Waals surface area contributed by atoms with Gasteiger partial charge in [-0.25, -0.2) is 22.6 Å². The molecule has 1 aliphatic heterocycles. The monoisotopic (exact) mass is 435 g/mol. The van der Waals surface area contributed by atoms with Crippen molar-refractivity contribution in [3.8, 4) is 6.07 Å². The van der Waals surface area contributed by atoms with Gasteiger partial charge in [-0.3, -0.25) is 4.79 Å². The molecule has 12 heteroatoms. The van der Waals surface area contributed by atoms with Gasteiger partial charge in [0.15, 0.2) is 5.69 Å². The van der Waals surface area contributed by atoms with Crippen molar-refractivity contribution in [1.29, 1.82) is 5.26 Å². The van der Waals surface area contributed by atoms with E-state index in [1.54, 1.807) is 13.0 Å². The van der Waals surface area contributed by atoms with Gasteiger partial charge in [0.2, 0.25) is 0 Å². The highest BCUT2D eigenvalue weighted by Crippen LogP contribution is 2.22. The van der Waals surface area contributed by atoms with Crippen LogP contribution in [0.1, 0.15) is 42.5 Å². The number of hydrogen-bond donors (Lipinski definition) is 2. The zero-order valence-electron chi connectivity index (χ0n) is 17.0. The van der Waals surface area contributed by atoms with Crippen LogP contribution < -0.4 is 10.6 Å². The Kier molecular flexibility index (Phi) is 5.88. The van der Waals surface area contributed by atoms with Crippen LogP contribution in [0.15, 0.2) is 18.2 Å². The Morgan fingerprint density at radius 1 is 1.39 bits per heavy atom. The number of urea groups is 1. The first kappa shape index (κ1) is 22.1. The summed E-state index contributed by atoms with van der Waals surface area (Å²) in [6.07, 6.45) is 0. The van der Waals surface area contributed by atoms with E-state index in [1.807, 2.05) is 0 Å². The summed E-state index contributed by atoms with van der Waals surface area (Å²) in [5.74, 6) is -4.65. The topological polar surface area (TPSA) is 116 Å². The van der Waals surface area contributed by atoms with Gasteiger partial charge in [-0.1, -0.05) is 5.21 Å². The SMILES string of the molecule is C[C@H]1Cn2nnc(C(=O)N[C@H](C)C(C)(F)F)c2CN1C(=O)Nc1ccc(F)c(C#N)c1. The number of nitriles is 1. The van der Waals surface area contributed by atoms with Crippen LogP contribution in [-0.2, 0) is 13.1 Å². The van der Waals surface area contributed by atoms with Crippen molar-refractivity contribution in [3.63, 3.8) is 0 Å². The molecule has 3 rings (SSSR count). The Hall–Kier alpha value is -3.62. The maximum atomic E-state index is 13.5. The first-order valence-electron chi connectivity index (χ1n) is 9.39. The molecule has 2 aromatic rings. The summed E-state index contributed by atoms with van der Waals surface area (Å²) in [6, 6.07) is 2.99. The van der Waals surface area contributed by atoms with E-state index in [1.165, 1.54) is 28.6 Å². The predicted molar refractivity (Wildman–Crippen MR) is 103 cm³/mol. The molecule has 0 unspecified atom stereocenters. The third kappa shape index (κ3) is 4.60. The van der Waals surface area contributed by atoms with Gasteiger partial charge in [0.05, 0.1) is 36.4 Å². The van der Waals surface area contributed by atoms with E-state index in [-0.39, 0.29) is 36.1 Å². The van der Waals surface area contributed by atoms with Gasteiger partial charge in [0.25, 0.3) is 11.8 Å². The van der Waals surface area contributed by atoms with Gasteiger partial charge in [-0.05, 0) is 32.0 Å². The van der Waals surface area contributed by atoms with Gasteiger partial charge in [0.1, 0.15) is 11.9 Å². The molecule has 3 amide bonds. The number of carbonyl (C=O) groups excluding carboxylic acids is 2. The maximum absolute atomic E-state index is 13.5. The number of aromatic nitrogens is 3. The van der Waals surface area contributed by atoms with Crippen molar-refractivity contribution in [1.82, 2.24) is 25.2 Å². The second-order valence-corrected chi connectivity index (χ2v) is 7.43. The van der Waals surface area contributed by atoms with Crippen LogP contribution >= 0.6 is 0 Å². The molecule has 1 aromatic heterocycles. The molecule has 0 fully saturated rings. The molecular weight excluding hydrogens is 415 g/mol. The summed E-state index contributed by atoms with van der Waals surface area (Å²) in [4.78, 5) is 26.6. The van der Waals surface area contributed by atoms with Crippen molar-refractivity contribution >= 4 is 17.6 Å². The number of nitrogens with zero attached hydrogens (tertiary/aromatic N) is 5. The summed E-state index contributed by atoms with van der Waals surface area (Å²) in [5, 5.41) is 21.4. The number of nitrogens with one attached hydrogen (secondary N) is 2. The summed E-state index contributed by atoms with van der Waals surface area (Å²) in [6.45, 7) is 3.81. The fraction of sp³-hybridized carbons (Fsp3) is 0.421. The second kappa shape index (κ2) is 8.25. The lowest BCUT2D eigenvalue weighted by atomic mass is 10.1. The first-order valence-corrected chi connectivity index (χ1v) is 9.39. The molecule has 2 atom stereocenters. The number of hydrogen-bond acceptors (Lipinski definition) is 5. The molecule has 0 aliphatic carbocycles. The highest BCUT2D eigenvalue weighted by Gasteiger charge is 2.35. The molecule has 1 aromatic carbocycles. The van der Waals surface area contributed by atoms with Gasteiger partial charge in [-0.15, -0.1) is 5.10 Å². The number of amides is 3. The molecule has 0 radical (unpaired) electrons. The molecule has 2 N–H and O–H groups in total. The van der Waals surface area contributed by atoms with Crippen molar-refractivity contribution in [2.24, 2.45) is 0 Å². The van der Waals surface area contributed by atoms with Crippen LogP contribution in [0.4, 0.5) is 23.7 Å². The third-order valence-corrected chi connectivity index (χ3v) is 5.05. The highest BCUT2D eigenvalue weighted by molar-refractivity contribution is 5.94. The Bertz CT molecular complexity index is 1060. The molecule has 164 valence electrons. The number of carbonyl (C=O) groups is 2. The summed E-state index contributed by atoms with van der Waals surface area (Å²) >= 11 is 0. The lowest BCUT2D eigenvalue weighted by Gasteiger charge is -2.33. The van der Waals surface area contributed by atoms with Crippen LogP contribution in [0.3, 0.4) is 0 Å². The molecule has 9 nitrogen and oxygen atoms in total. The third-order valence-electron chi connectivity index (χ3n) is 5.05. The molecule has 0 bridgehead atoms. The largest absolute Gasteiger partial charge is 0.342 e. The van der Waals surface area contributed by atoms with E-state index in [4.69, 9.17) is 5.26 Å². The average Bonchev–Trinajstić information content (AvgIpc) is 3.10. The maximum Gasteiger partial charge on any atom is 0.322 e. The average molecular weight is 435 g/mol. The van der Waals surface area contributed by atoms with Crippen molar-refractivity contribution < 1.29 is 22.8 Å². The number of alkyl halides is 2. The van der Waals surface area contributed by atoms with E-state index in [9.17, 15) is 22.8 Å². The standard InChI is InChI=1S/C19H20F3N7O2/c1-10-8-29-15(16(26-27-29)17(30)24-11(2)19(3,21)22)9-28(10)18(31)25-13-4-5-14(20)12(6-13)7-23/h4-6,10-11H,8-9H2,1-3H3,(H,24,30)(H,25,31)/t10-,11+/m0/s1. The predicted octanol–water partition coefficient (Wildman–Crippen LogP) is 2.50. The molecule has 31 heavy (non-hydrogen) atoms. The van der Waals surface area contributed by atoms with Crippen molar-refractivity contribution in [3.05, 3.63) is 41.0 Å². The second-order valence-electron chi connectivity index (χ2n) is 7.43. The Morgan fingerprint density at radius 2 is 2.10 bits per heavy atom. The van der Waals surface area contributed by atoms with E-state index < -0.39 is 29.7 Å². The van der Waals surface area contributed by atoms with Crippen molar-refractivity contribution in [2.75, 3.05) is 5.32 Å². The molecule has 1 aliphatic rings. The van der Waals surface area contributed by atoms with Gasteiger partial charge < -0.3 is 15.5 Å². The fourth-order valence-electron chi connectivity index (χ4n) is 3.03. The number of benzene rings is 1. The lowest BCUT2D eigenvalue weighted by Crippen LogP contribution is -2.48. The Labute approximate surface area is 175 Å². The van der Waals surface area contributed by atoms with Gasteiger partial charge >= 0.3 is 6.03 Å². The highest BCUT2D eigenvalue weighted by atomic mass is 19.3. The van der Waals surface area contributed by atoms with Gasteiger partial charge in [0, 0.05) is 12.6 Å². The van der Waals surface area contributed by atoms with Crippen LogP contribution in [0.25, 0.3) is 0 Å². The van der Waals surface area contributed by atoms with Crippen LogP contribution in [0.5, 0.6) is 0 Å². The molecule has 0 saturated heterocycles. The minimum atomic E-state index is -3.12. The minimum Gasteiger partial charge on any atom is -0.342 e. The van der Waals surface area contributed by atoms with E-state index in [2.05, 4.69) is 20.9 Å². The van der Waals surface area contributed by atoms with Crippen LogP contribution in [0.2, 0.25) is 0 Å². The number of anilines is 1. The lowest BCUT2D eigenvalue weighted by molar-refractivity contribution is -0.0109. The zero-order chi connectivity index (χ0) is 22.9. The molecule has 0 spiro atoms. The fourth-order valence-corrected chi connectivity index (χ4v) is 3.03. The number of rotatable bonds is 4. The van der Waals surface area contributed by atoms with E-state index in [0.29, 0.717) is 12.6 Å². The van der Waals surface area contributed by atoms with E-state index >= 15 is 0 Å². The first-order chi connectivity index (χ1) is 14.5. The number of fused-ring (bicyclic) bond motifs is 1. The Morgan fingerprint density at radius 3 is 2.74 bits per heavy atom. The van der Waals surface area contributed by atoms with Crippen LogP contribution in [-0.4, -0.2) is 49.8 Å². The molecular formula is C19H20F3N7O2. The van der Waals surface area contributed by atoms with Gasteiger partial charge in [-0.2, -0.15) is 5.26 Å². The zero-order valence-corrected chi connectivity index (χ0v) is 17.0. The normalized spacial score (nSPS) is 16.8. The minimum absolute atomic E-state index is 0.0496. The summed E-state index contributed by atoms with van der Waals surface area (Å²) < 4.78 is 41.7. The Balaban J connectivity index is 1.78. The molecule has 2 heterocycles. The molecule has 0 saturated carbocycles. The summed E-state index contributed by atoms with van der Waals surface area (Å²) in [5.41, 5.74) is 0.167. The van der Waals surface area contributed by atoms with Crippen LogP contribution in [0, 0.1) is 17.1 Å². The summed E-state index contributed by atoms with van der Waals surface area (Å²) in [7, 11) is 0.